The van der Waals surface area contributed by atoms with E-state index in [9.17, 15) is 0 Å². The lowest BCUT2D eigenvalue weighted by Gasteiger charge is -2.38. The summed E-state index contributed by atoms with van der Waals surface area (Å²) in [6.07, 6.45) is 12.2. The monoisotopic (exact) mass is 647 g/mol. The Morgan fingerprint density at radius 3 is 2.63 bits per heavy atom. The van der Waals surface area contributed by atoms with Gasteiger partial charge in [-0.15, -0.1) is 10.2 Å². The van der Waals surface area contributed by atoms with E-state index in [1.807, 2.05) is 29.9 Å². The molecule has 1 aromatic carbocycles. The molecule has 0 radical (unpaired) electrons. The summed E-state index contributed by atoms with van der Waals surface area (Å²) >= 11 is 6.44. The van der Waals surface area contributed by atoms with Gasteiger partial charge >= 0.3 is 0 Å². The molecule has 14 nitrogen and oxygen atoms in total. The van der Waals surface area contributed by atoms with Crippen LogP contribution in [0.4, 0.5) is 11.6 Å². The predicted octanol–water partition coefficient (Wildman–Crippen LogP) is 4.69. The number of nitrogens with one attached hydrogen (secondary N) is 1. The zero-order valence-corrected chi connectivity index (χ0v) is 26.6. The number of aromatic nitrogens is 8. The summed E-state index contributed by atoms with van der Waals surface area (Å²) < 4.78 is 21.3. The molecule has 1 saturated carbocycles. The Labute approximate surface area is 272 Å². The molecule has 2 fully saturated rings. The molecule has 2 aliphatic rings. The quantitative estimate of drug-likeness (QED) is 0.200. The zero-order valence-electron chi connectivity index (χ0n) is 25.8. The summed E-state index contributed by atoms with van der Waals surface area (Å²) in [5.41, 5.74) is 2.36. The van der Waals surface area contributed by atoms with Crippen molar-refractivity contribution in [3.05, 3.63) is 48.1 Å². The molecule has 1 aliphatic heterocycles. The molecule has 1 atom stereocenters. The first kappa shape index (κ1) is 31.7. The van der Waals surface area contributed by atoms with Crippen LogP contribution in [0.5, 0.6) is 11.6 Å². The standard InChI is InChI=1S/C31H38ClN11O3/c1-22(19-42-21-36-39-40-42)46-29-16-23(4-9-27(29)32)24-17-34-31(35-18-24)37-28-20-43(38-30(28)45-13-3-2-10-33)26-7-5-25(6-8-26)41-11-14-44-15-12-41/h4,9,16-18,20-22,25-26H,2-3,5-8,11-15,19H2,1H3,(H,34,35,37)/t22?,25-,26-. The average molecular weight is 648 g/mol. The van der Waals surface area contributed by atoms with Crippen LogP contribution in [-0.2, 0) is 11.3 Å². The smallest absolute Gasteiger partial charge is 0.256 e. The second-order valence-electron chi connectivity index (χ2n) is 11.6. The van der Waals surface area contributed by atoms with Crippen LogP contribution >= 0.6 is 11.6 Å². The minimum atomic E-state index is -0.212. The van der Waals surface area contributed by atoms with Gasteiger partial charge in [-0.05, 0) is 67.2 Å². The van der Waals surface area contributed by atoms with Gasteiger partial charge < -0.3 is 19.5 Å². The van der Waals surface area contributed by atoms with E-state index in [4.69, 9.17) is 36.2 Å². The molecule has 1 N–H and O–H groups in total. The number of halogens is 1. The first-order valence-electron chi connectivity index (χ1n) is 15.7. The Morgan fingerprint density at radius 1 is 1.11 bits per heavy atom. The first-order valence-corrected chi connectivity index (χ1v) is 16.1. The number of nitriles is 1. The van der Waals surface area contributed by atoms with E-state index < -0.39 is 0 Å². The number of rotatable bonds is 13. The normalized spacial score (nSPS) is 19.3. The third-order valence-corrected chi connectivity index (χ3v) is 8.61. The number of ether oxygens (including phenoxy) is 3. The van der Waals surface area contributed by atoms with E-state index in [-0.39, 0.29) is 12.1 Å². The van der Waals surface area contributed by atoms with E-state index in [2.05, 4.69) is 41.8 Å². The van der Waals surface area contributed by atoms with Gasteiger partial charge in [0.1, 0.15) is 23.9 Å². The van der Waals surface area contributed by atoms with Crippen LogP contribution in [0.2, 0.25) is 5.02 Å². The fourth-order valence-electron chi connectivity index (χ4n) is 5.92. The second-order valence-corrected chi connectivity index (χ2v) is 12.0. The maximum atomic E-state index is 8.94. The summed E-state index contributed by atoms with van der Waals surface area (Å²) in [7, 11) is 0. The van der Waals surface area contributed by atoms with Crippen molar-refractivity contribution in [2.24, 2.45) is 0 Å². The molecule has 0 amide bonds. The third-order valence-electron chi connectivity index (χ3n) is 8.30. The highest BCUT2D eigenvalue weighted by Crippen LogP contribution is 2.35. The third kappa shape index (κ3) is 8.09. The molecule has 0 bridgehead atoms. The van der Waals surface area contributed by atoms with Gasteiger partial charge in [0.2, 0.25) is 5.95 Å². The van der Waals surface area contributed by atoms with Crippen LogP contribution in [0.25, 0.3) is 11.1 Å². The van der Waals surface area contributed by atoms with Gasteiger partial charge in [-0.25, -0.2) is 14.6 Å². The predicted molar refractivity (Wildman–Crippen MR) is 170 cm³/mol. The van der Waals surface area contributed by atoms with Crippen molar-refractivity contribution in [1.82, 2.24) is 44.9 Å². The Kier molecular flexibility index (Phi) is 10.5. The maximum absolute atomic E-state index is 8.94. The van der Waals surface area contributed by atoms with Crippen molar-refractivity contribution in [1.29, 1.82) is 5.26 Å². The highest BCUT2D eigenvalue weighted by atomic mass is 35.5. The van der Waals surface area contributed by atoms with Crippen molar-refractivity contribution in [2.45, 2.75) is 70.2 Å². The molecule has 1 unspecified atom stereocenters. The molecule has 46 heavy (non-hydrogen) atoms. The number of hydrogen-bond acceptors (Lipinski definition) is 12. The zero-order chi connectivity index (χ0) is 31.7. The lowest BCUT2D eigenvalue weighted by atomic mass is 9.90. The van der Waals surface area contributed by atoms with Crippen LogP contribution in [0.15, 0.2) is 43.1 Å². The van der Waals surface area contributed by atoms with Gasteiger partial charge in [-0.1, -0.05) is 17.7 Å². The molecule has 15 heteroatoms. The second kappa shape index (κ2) is 15.3. The highest BCUT2D eigenvalue weighted by molar-refractivity contribution is 6.32. The average Bonchev–Trinajstić information content (AvgIpc) is 3.75. The number of anilines is 2. The lowest BCUT2D eigenvalue weighted by molar-refractivity contribution is 0.00503. The Bertz CT molecular complexity index is 1580. The van der Waals surface area contributed by atoms with Crippen molar-refractivity contribution in [2.75, 3.05) is 38.2 Å². The van der Waals surface area contributed by atoms with E-state index in [1.54, 1.807) is 23.1 Å². The van der Waals surface area contributed by atoms with Gasteiger partial charge in [0.15, 0.2) is 0 Å². The van der Waals surface area contributed by atoms with Crippen LogP contribution in [0.1, 0.15) is 51.5 Å². The Hall–Kier alpha value is -4.32. The maximum Gasteiger partial charge on any atom is 0.256 e. The fourth-order valence-corrected chi connectivity index (χ4v) is 6.08. The van der Waals surface area contributed by atoms with Crippen molar-refractivity contribution < 1.29 is 14.2 Å². The van der Waals surface area contributed by atoms with Crippen LogP contribution in [0, 0.1) is 11.3 Å². The molecule has 4 heterocycles. The number of morpholine rings is 1. The number of unbranched alkanes of at least 4 members (excludes halogenated alkanes) is 1. The molecule has 242 valence electrons. The molecule has 1 saturated heterocycles. The van der Waals surface area contributed by atoms with Gasteiger partial charge in [-0.2, -0.15) is 5.26 Å². The van der Waals surface area contributed by atoms with E-state index in [0.29, 0.717) is 60.3 Å². The SMILES string of the molecule is CC(Cn1cnnn1)Oc1cc(-c2cnc(Nc3cn([C@H]4CC[C@H](N5CCOCC5)CC4)nc3OCCCC#N)nc2)ccc1Cl. The molecular formula is C31H38ClN11O3. The number of hydrogen-bond donors (Lipinski definition) is 1. The van der Waals surface area contributed by atoms with E-state index >= 15 is 0 Å². The largest absolute Gasteiger partial charge is 0.487 e. The number of tetrazole rings is 1. The van der Waals surface area contributed by atoms with Gasteiger partial charge in [0, 0.05) is 43.5 Å². The summed E-state index contributed by atoms with van der Waals surface area (Å²) in [4.78, 5) is 11.7. The van der Waals surface area contributed by atoms with Crippen LogP contribution in [0.3, 0.4) is 0 Å². The van der Waals surface area contributed by atoms with Gasteiger partial charge in [0.05, 0.1) is 49.7 Å². The molecule has 1 aliphatic carbocycles. The lowest BCUT2D eigenvalue weighted by Crippen LogP contribution is -2.45. The van der Waals surface area contributed by atoms with Crippen LogP contribution in [-0.4, -0.2) is 89.9 Å². The van der Waals surface area contributed by atoms with E-state index in [1.165, 1.54) is 6.33 Å². The fraction of sp³-hybridized carbons (Fsp3) is 0.516. The minimum absolute atomic E-state index is 0.212. The molecule has 6 rings (SSSR count). The molecule has 0 spiro atoms. The Balaban J connectivity index is 1.12. The van der Waals surface area contributed by atoms with Crippen molar-refractivity contribution in [3.8, 4) is 28.8 Å². The van der Waals surface area contributed by atoms with Crippen molar-refractivity contribution >= 4 is 23.2 Å². The summed E-state index contributed by atoms with van der Waals surface area (Å²) in [6.45, 7) is 6.48. The van der Waals surface area contributed by atoms with Crippen LogP contribution < -0.4 is 14.8 Å². The molecule has 3 aromatic heterocycles. The van der Waals surface area contributed by atoms with Gasteiger partial charge in [-0.3, -0.25) is 9.58 Å². The highest BCUT2D eigenvalue weighted by Gasteiger charge is 2.29. The number of benzene rings is 1. The van der Waals surface area contributed by atoms with Gasteiger partial charge in [0.25, 0.3) is 5.88 Å². The first-order chi connectivity index (χ1) is 22.6. The van der Waals surface area contributed by atoms with E-state index in [0.717, 1.165) is 63.1 Å². The molecule has 4 aromatic rings. The topological polar surface area (TPSA) is 154 Å². The molecular weight excluding hydrogens is 610 g/mol. The summed E-state index contributed by atoms with van der Waals surface area (Å²) in [5.74, 6) is 1.45. The summed E-state index contributed by atoms with van der Waals surface area (Å²) in [5, 5.41) is 28.7. The summed E-state index contributed by atoms with van der Waals surface area (Å²) in [6, 6.07) is 8.62. The number of nitrogens with zero attached hydrogens (tertiary/aromatic N) is 10. The Morgan fingerprint density at radius 2 is 1.89 bits per heavy atom. The minimum Gasteiger partial charge on any atom is -0.487 e. The van der Waals surface area contributed by atoms with Crippen molar-refractivity contribution in [3.63, 3.8) is 0 Å².